The zero-order chi connectivity index (χ0) is 13.3. The van der Waals surface area contributed by atoms with Crippen molar-refractivity contribution in [3.05, 3.63) is 28.2 Å². The molecule has 0 spiro atoms. The Labute approximate surface area is 117 Å². The minimum atomic E-state index is -0.517. The molecule has 1 aromatic carbocycles. The molecule has 3 N–H and O–H groups in total. The van der Waals surface area contributed by atoms with E-state index in [1.54, 1.807) is 0 Å². The first-order valence-electron chi connectivity index (χ1n) is 6.41. The van der Waals surface area contributed by atoms with Crippen molar-refractivity contribution < 1.29 is 5.11 Å². The molecule has 0 aromatic heterocycles. The van der Waals surface area contributed by atoms with Crippen molar-refractivity contribution in [1.29, 1.82) is 0 Å². The van der Waals surface area contributed by atoms with E-state index in [1.807, 2.05) is 19.9 Å². The molecule has 3 nitrogen and oxygen atoms in total. The van der Waals surface area contributed by atoms with Crippen LogP contribution in [-0.4, -0.2) is 23.8 Å². The molecule has 1 fully saturated rings. The van der Waals surface area contributed by atoms with Crippen molar-refractivity contribution in [2.75, 3.05) is 18.0 Å². The minimum Gasteiger partial charge on any atom is -0.390 e. The summed E-state index contributed by atoms with van der Waals surface area (Å²) in [5.41, 5.74) is 7.87. The van der Waals surface area contributed by atoms with Crippen molar-refractivity contribution in [2.24, 2.45) is 5.73 Å². The van der Waals surface area contributed by atoms with Crippen LogP contribution >= 0.6 is 15.9 Å². The number of rotatable bonds is 2. The van der Waals surface area contributed by atoms with Crippen LogP contribution in [0, 0.1) is 0 Å². The molecule has 1 aliphatic heterocycles. The highest BCUT2D eigenvalue weighted by Crippen LogP contribution is 2.32. The molecule has 1 heterocycles. The molecular formula is C14H21BrN2O. The van der Waals surface area contributed by atoms with Crippen LogP contribution in [0.15, 0.2) is 22.7 Å². The summed E-state index contributed by atoms with van der Waals surface area (Å²) in [7, 11) is 0. The molecule has 4 heteroatoms. The Morgan fingerprint density at radius 3 is 2.56 bits per heavy atom. The largest absolute Gasteiger partial charge is 0.390 e. The predicted molar refractivity (Wildman–Crippen MR) is 78.8 cm³/mol. The lowest BCUT2D eigenvalue weighted by atomic mass is 9.93. The normalized spacial score (nSPS) is 20.8. The number of anilines is 1. The molecule has 2 rings (SSSR count). The number of nitrogens with zero attached hydrogens (tertiary/aromatic N) is 1. The summed E-state index contributed by atoms with van der Waals surface area (Å²) in [6.07, 6.45) is 1.61. The third kappa shape index (κ3) is 3.05. The molecule has 0 saturated carbocycles. The van der Waals surface area contributed by atoms with Crippen LogP contribution in [0.25, 0.3) is 0 Å². The van der Waals surface area contributed by atoms with Crippen LogP contribution in [0.1, 0.15) is 38.3 Å². The Morgan fingerprint density at radius 1 is 1.39 bits per heavy atom. The van der Waals surface area contributed by atoms with Gasteiger partial charge in [0.2, 0.25) is 0 Å². The van der Waals surface area contributed by atoms with Gasteiger partial charge >= 0.3 is 0 Å². The molecule has 0 amide bonds. The summed E-state index contributed by atoms with van der Waals surface area (Å²) in [5, 5.41) is 10.0. The highest BCUT2D eigenvalue weighted by molar-refractivity contribution is 9.10. The van der Waals surface area contributed by atoms with Gasteiger partial charge in [0.25, 0.3) is 0 Å². The zero-order valence-electron chi connectivity index (χ0n) is 11.0. The average molecular weight is 313 g/mol. The van der Waals surface area contributed by atoms with Crippen LogP contribution in [0.2, 0.25) is 0 Å². The Kier molecular flexibility index (Phi) is 3.99. The van der Waals surface area contributed by atoms with Gasteiger partial charge in [0.05, 0.1) is 5.60 Å². The van der Waals surface area contributed by atoms with Crippen molar-refractivity contribution in [2.45, 2.75) is 38.3 Å². The number of nitrogens with two attached hydrogens (primary N) is 1. The highest BCUT2D eigenvalue weighted by Gasteiger charge is 2.28. The Bertz CT molecular complexity index is 422. The summed E-state index contributed by atoms with van der Waals surface area (Å²) in [6.45, 7) is 5.68. The van der Waals surface area contributed by atoms with Crippen molar-refractivity contribution in [3.8, 4) is 0 Å². The summed E-state index contributed by atoms with van der Waals surface area (Å²) in [6, 6.07) is 6.26. The maximum Gasteiger partial charge on any atom is 0.0653 e. The van der Waals surface area contributed by atoms with Gasteiger partial charge in [-0.25, -0.2) is 0 Å². The van der Waals surface area contributed by atoms with Crippen LogP contribution in [0.5, 0.6) is 0 Å². The minimum absolute atomic E-state index is 0.0236. The first-order chi connectivity index (χ1) is 8.39. The summed E-state index contributed by atoms with van der Waals surface area (Å²) in [5.74, 6) is 0. The number of hydrogen-bond donors (Lipinski definition) is 2. The summed E-state index contributed by atoms with van der Waals surface area (Å²) < 4.78 is 1.07. The van der Waals surface area contributed by atoms with E-state index in [-0.39, 0.29) is 6.04 Å². The first-order valence-corrected chi connectivity index (χ1v) is 7.21. The Hall–Kier alpha value is -0.580. The number of benzene rings is 1. The summed E-state index contributed by atoms with van der Waals surface area (Å²) >= 11 is 3.52. The van der Waals surface area contributed by atoms with Gasteiger partial charge in [-0.05, 0) is 44.4 Å². The quantitative estimate of drug-likeness (QED) is 0.883. The van der Waals surface area contributed by atoms with Gasteiger partial charge < -0.3 is 15.7 Å². The second-order valence-electron chi connectivity index (χ2n) is 5.48. The molecule has 1 atom stereocenters. The second-order valence-corrected chi connectivity index (χ2v) is 6.39. The maximum atomic E-state index is 10.0. The Balaban J connectivity index is 2.25. The maximum absolute atomic E-state index is 10.0. The zero-order valence-corrected chi connectivity index (χ0v) is 12.6. The van der Waals surface area contributed by atoms with E-state index in [9.17, 15) is 5.11 Å². The van der Waals surface area contributed by atoms with Gasteiger partial charge in [-0.2, -0.15) is 0 Å². The standard InChI is InChI=1S/C14H21BrN2O/c1-10(16)12-4-3-11(15)9-13(12)17-7-5-14(2,18)6-8-17/h3-4,9-10,18H,5-8,16H2,1-2H3. The third-order valence-corrected chi connectivity index (χ3v) is 4.16. The van der Waals surface area contributed by atoms with Gasteiger partial charge in [-0.3, -0.25) is 0 Å². The predicted octanol–water partition coefficient (Wildman–Crippen LogP) is 2.82. The van der Waals surface area contributed by atoms with E-state index in [0.717, 1.165) is 30.4 Å². The van der Waals surface area contributed by atoms with Crippen LogP contribution in [0.4, 0.5) is 5.69 Å². The molecule has 0 aliphatic carbocycles. The lowest BCUT2D eigenvalue weighted by molar-refractivity contribution is 0.0351. The average Bonchev–Trinajstić information content (AvgIpc) is 2.28. The smallest absolute Gasteiger partial charge is 0.0653 e. The van der Waals surface area contributed by atoms with Crippen molar-refractivity contribution >= 4 is 21.6 Å². The molecule has 18 heavy (non-hydrogen) atoms. The SMILES string of the molecule is CC(N)c1ccc(Br)cc1N1CCC(C)(O)CC1. The fourth-order valence-corrected chi connectivity index (χ4v) is 2.75. The van der Waals surface area contributed by atoms with Crippen LogP contribution in [-0.2, 0) is 0 Å². The van der Waals surface area contributed by atoms with Gasteiger partial charge in [0.15, 0.2) is 0 Å². The van der Waals surface area contributed by atoms with Crippen molar-refractivity contribution in [1.82, 2.24) is 0 Å². The molecule has 100 valence electrons. The van der Waals surface area contributed by atoms with Crippen LogP contribution < -0.4 is 10.6 Å². The van der Waals surface area contributed by atoms with Gasteiger partial charge in [0.1, 0.15) is 0 Å². The molecule has 1 aliphatic rings. The summed E-state index contributed by atoms with van der Waals surface area (Å²) in [4.78, 5) is 2.32. The monoisotopic (exact) mass is 312 g/mol. The van der Waals surface area contributed by atoms with E-state index in [4.69, 9.17) is 5.73 Å². The number of aliphatic hydroxyl groups is 1. The van der Waals surface area contributed by atoms with E-state index >= 15 is 0 Å². The molecule has 1 aromatic rings. The molecule has 1 saturated heterocycles. The number of piperidine rings is 1. The molecule has 0 bridgehead atoms. The second kappa shape index (κ2) is 5.19. The van der Waals surface area contributed by atoms with Gasteiger partial charge in [0, 0.05) is 29.3 Å². The fraction of sp³-hybridized carbons (Fsp3) is 0.571. The van der Waals surface area contributed by atoms with E-state index < -0.39 is 5.60 Å². The van der Waals surface area contributed by atoms with Crippen molar-refractivity contribution in [3.63, 3.8) is 0 Å². The molecule has 1 unspecified atom stereocenters. The topological polar surface area (TPSA) is 49.5 Å². The first kappa shape index (κ1) is 13.8. The number of hydrogen-bond acceptors (Lipinski definition) is 3. The molecular weight excluding hydrogens is 292 g/mol. The van der Waals surface area contributed by atoms with E-state index in [1.165, 1.54) is 11.3 Å². The van der Waals surface area contributed by atoms with E-state index in [0.29, 0.717) is 0 Å². The lowest BCUT2D eigenvalue weighted by Gasteiger charge is -2.38. The number of halogens is 1. The Morgan fingerprint density at radius 2 is 2.00 bits per heavy atom. The van der Waals surface area contributed by atoms with Crippen LogP contribution in [0.3, 0.4) is 0 Å². The van der Waals surface area contributed by atoms with E-state index in [2.05, 4.69) is 33.0 Å². The molecule has 0 radical (unpaired) electrons. The van der Waals surface area contributed by atoms with Gasteiger partial charge in [-0.1, -0.05) is 22.0 Å². The lowest BCUT2D eigenvalue weighted by Crippen LogP contribution is -2.43. The van der Waals surface area contributed by atoms with Gasteiger partial charge in [-0.15, -0.1) is 0 Å². The third-order valence-electron chi connectivity index (χ3n) is 3.66. The highest BCUT2D eigenvalue weighted by atomic mass is 79.9. The fourth-order valence-electron chi connectivity index (χ4n) is 2.41.